The molecule has 0 amide bonds. The Bertz CT molecular complexity index is 665. The predicted molar refractivity (Wildman–Crippen MR) is 106 cm³/mol. The maximum atomic E-state index is 11.7. The lowest BCUT2D eigenvalue weighted by Gasteiger charge is -2.44. The second-order valence-corrected chi connectivity index (χ2v) is 7.66. The maximum absolute atomic E-state index is 11.7. The largest absolute Gasteiger partial charge is 0.463 e. The molecule has 5 atom stereocenters. The van der Waals surface area contributed by atoms with Gasteiger partial charge < -0.3 is 28.4 Å². The summed E-state index contributed by atoms with van der Waals surface area (Å²) in [6, 6.07) is 0. The summed E-state index contributed by atoms with van der Waals surface area (Å²) in [7, 11) is 0. The van der Waals surface area contributed by atoms with Crippen molar-refractivity contribution in [2.75, 3.05) is 19.0 Å². The van der Waals surface area contributed by atoms with Crippen LogP contribution in [0, 0.1) is 0 Å². The van der Waals surface area contributed by atoms with Crippen LogP contribution in [0.1, 0.15) is 41.0 Å². The molecule has 0 bridgehead atoms. The molecular formula is C19H28O11S. The Kier molecular flexibility index (Phi) is 11.5. The molecule has 1 rings (SSSR count). The van der Waals surface area contributed by atoms with Crippen molar-refractivity contribution in [2.24, 2.45) is 0 Å². The van der Waals surface area contributed by atoms with Crippen molar-refractivity contribution in [3.8, 4) is 0 Å². The van der Waals surface area contributed by atoms with Gasteiger partial charge in [-0.15, -0.1) is 0 Å². The first-order chi connectivity index (χ1) is 14.5. The van der Waals surface area contributed by atoms with Crippen LogP contribution in [-0.2, 0) is 52.4 Å². The molecule has 31 heavy (non-hydrogen) atoms. The number of esters is 4. The van der Waals surface area contributed by atoms with Gasteiger partial charge in [0, 0.05) is 39.9 Å². The molecule has 1 fully saturated rings. The summed E-state index contributed by atoms with van der Waals surface area (Å²) in [5.41, 5.74) is 0. The summed E-state index contributed by atoms with van der Waals surface area (Å²) in [5.74, 6) is -2.46. The molecule has 0 aliphatic carbocycles. The summed E-state index contributed by atoms with van der Waals surface area (Å²) >= 11 is 1.06. The lowest BCUT2D eigenvalue weighted by molar-refractivity contribution is -0.307. The standard InChI is InChI=1S/C19H28O11S/c1-6-15(24)31-8-7-25-19-18(29-13(5)23)17(28-12(4)22)16(27-11(3)21)14(30-19)9-26-10(2)20/h14,16-19H,6-9H2,1-5H3/t14-,16-,17+,18-,19-/m1/s1. The Morgan fingerprint density at radius 2 is 1.35 bits per heavy atom. The molecule has 0 aromatic carbocycles. The van der Waals surface area contributed by atoms with E-state index in [1.807, 2.05) is 0 Å². The smallest absolute Gasteiger partial charge is 0.303 e. The summed E-state index contributed by atoms with van der Waals surface area (Å²) in [6.07, 6.45) is -5.73. The van der Waals surface area contributed by atoms with Gasteiger partial charge >= 0.3 is 23.9 Å². The number of carbonyl (C=O) groups is 5. The van der Waals surface area contributed by atoms with Crippen molar-refractivity contribution in [3.05, 3.63) is 0 Å². The fourth-order valence-electron chi connectivity index (χ4n) is 2.74. The third kappa shape index (κ3) is 9.66. The minimum absolute atomic E-state index is 0.0230. The van der Waals surface area contributed by atoms with Crippen LogP contribution in [0.2, 0.25) is 0 Å². The lowest BCUT2D eigenvalue weighted by atomic mass is 9.98. The van der Waals surface area contributed by atoms with Crippen LogP contribution in [0.3, 0.4) is 0 Å². The van der Waals surface area contributed by atoms with Gasteiger partial charge in [0.2, 0.25) is 0 Å². The SMILES string of the molecule is CCC(=O)SCCO[C@@H]1O[C@H](COC(C)=O)[C@@H](OC(C)=O)[C@H](OC(C)=O)[C@H]1OC(C)=O. The summed E-state index contributed by atoms with van der Waals surface area (Å²) in [4.78, 5) is 57.7. The van der Waals surface area contributed by atoms with E-state index in [0.29, 0.717) is 12.2 Å². The molecule has 0 aromatic heterocycles. The molecule has 1 heterocycles. The van der Waals surface area contributed by atoms with Gasteiger partial charge in [0.15, 0.2) is 29.7 Å². The highest BCUT2D eigenvalue weighted by atomic mass is 32.2. The van der Waals surface area contributed by atoms with Crippen molar-refractivity contribution in [1.82, 2.24) is 0 Å². The monoisotopic (exact) mass is 464 g/mol. The fraction of sp³-hybridized carbons (Fsp3) is 0.737. The summed E-state index contributed by atoms with van der Waals surface area (Å²) < 4.78 is 32.2. The van der Waals surface area contributed by atoms with Crippen LogP contribution in [0.5, 0.6) is 0 Å². The maximum Gasteiger partial charge on any atom is 0.303 e. The quantitative estimate of drug-likeness (QED) is 0.256. The van der Waals surface area contributed by atoms with Gasteiger partial charge in [0.25, 0.3) is 0 Å². The Balaban J connectivity index is 3.14. The first kappa shape index (κ1) is 26.9. The molecule has 0 spiro atoms. The zero-order valence-corrected chi connectivity index (χ0v) is 18.9. The van der Waals surface area contributed by atoms with E-state index in [-0.39, 0.29) is 18.3 Å². The van der Waals surface area contributed by atoms with Gasteiger partial charge in [-0.1, -0.05) is 18.7 Å². The number of thioether (sulfide) groups is 1. The van der Waals surface area contributed by atoms with Crippen molar-refractivity contribution < 1.29 is 52.4 Å². The summed E-state index contributed by atoms with van der Waals surface area (Å²) in [5, 5.41) is -0.0230. The molecule has 0 N–H and O–H groups in total. The van der Waals surface area contributed by atoms with Gasteiger partial charge in [0.05, 0.1) is 6.61 Å². The average molecular weight is 464 g/mol. The van der Waals surface area contributed by atoms with Crippen LogP contribution in [0.15, 0.2) is 0 Å². The normalized spacial score (nSPS) is 25.3. The Morgan fingerprint density at radius 1 is 0.806 bits per heavy atom. The van der Waals surface area contributed by atoms with E-state index in [9.17, 15) is 24.0 Å². The van der Waals surface area contributed by atoms with Crippen LogP contribution in [0.25, 0.3) is 0 Å². The zero-order chi connectivity index (χ0) is 23.6. The highest BCUT2D eigenvalue weighted by Gasteiger charge is 2.52. The van der Waals surface area contributed by atoms with Crippen molar-refractivity contribution >= 4 is 40.8 Å². The van der Waals surface area contributed by atoms with Gasteiger partial charge in [-0.05, 0) is 0 Å². The van der Waals surface area contributed by atoms with Gasteiger partial charge in [-0.25, -0.2) is 0 Å². The second-order valence-electron chi connectivity index (χ2n) is 6.51. The van der Waals surface area contributed by atoms with E-state index in [1.165, 1.54) is 6.92 Å². The van der Waals surface area contributed by atoms with Gasteiger partial charge in [0.1, 0.15) is 12.7 Å². The van der Waals surface area contributed by atoms with Crippen molar-refractivity contribution in [2.45, 2.75) is 71.7 Å². The molecule has 1 aliphatic heterocycles. The summed E-state index contributed by atoms with van der Waals surface area (Å²) in [6.45, 7) is 6.04. The first-order valence-corrected chi connectivity index (χ1v) is 10.6. The molecule has 0 unspecified atom stereocenters. The number of ether oxygens (including phenoxy) is 6. The molecule has 0 aromatic rings. The molecule has 1 saturated heterocycles. The number of hydrogen-bond donors (Lipinski definition) is 0. The van der Waals surface area contributed by atoms with Gasteiger partial charge in [-0.3, -0.25) is 24.0 Å². The van der Waals surface area contributed by atoms with E-state index in [0.717, 1.165) is 32.5 Å². The Morgan fingerprint density at radius 3 is 1.87 bits per heavy atom. The number of rotatable bonds is 10. The van der Waals surface area contributed by atoms with Gasteiger partial charge in [-0.2, -0.15) is 0 Å². The van der Waals surface area contributed by atoms with E-state index < -0.39 is 54.6 Å². The molecular weight excluding hydrogens is 436 g/mol. The minimum Gasteiger partial charge on any atom is -0.463 e. The topological polar surface area (TPSA) is 141 Å². The molecule has 1 aliphatic rings. The highest BCUT2D eigenvalue weighted by Crippen LogP contribution is 2.30. The zero-order valence-electron chi connectivity index (χ0n) is 18.1. The van der Waals surface area contributed by atoms with Crippen molar-refractivity contribution in [1.29, 1.82) is 0 Å². The van der Waals surface area contributed by atoms with Crippen LogP contribution in [-0.4, -0.2) is 78.7 Å². The van der Waals surface area contributed by atoms with E-state index >= 15 is 0 Å². The minimum atomic E-state index is -1.28. The number of hydrogen-bond acceptors (Lipinski definition) is 12. The third-order valence-corrected chi connectivity index (χ3v) is 4.85. The number of carbonyl (C=O) groups excluding carboxylic acids is 5. The molecule has 176 valence electrons. The first-order valence-electron chi connectivity index (χ1n) is 9.62. The molecule has 12 heteroatoms. The molecule has 0 radical (unpaired) electrons. The van der Waals surface area contributed by atoms with Crippen LogP contribution < -0.4 is 0 Å². The lowest BCUT2D eigenvalue weighted by Crippen LogP contribution is -2.63. The second kappa shape index (κ2) is 13.3. The molecule has 0 saturated carbocycles. The average Bonchev–Trinajstić information content (AvgIpc) is 2.66. The van der Waals surface area contributed by atoms with E-state index in [4.69, 9.17) is 28.4 Å². The highest BCUT2D eigenvalue weighted by molar-refractivity contribution is 8.13. The predicted octanol–water partition coefficient (Wildman–Crippen LogP) is 0.756. The van der Waals surface area contributed by atoms with E-state index in [1.54, 1.807) is 6.92 Å². The Hall–Kier alpha value is -2.18. The van der Waals surface area contributed by atoms with Crippen molar-refractivity contribution in [3.63, 3.8) is 0 Å². The Labute approximate surface area is 184 Å². The van der Waals surface area contributed by atoms with Crippen LogP contribution >= 0.6 is 11.8 Å². The van der Waals surface area contributed by atoms with Crippen LogP contribution in [0.4, 0.5) is 0 Å². The van der Waals surface area contributed by atoms with E-state index in [2.05, 4.69) is 0 Å². The molecule has 11 nitrogen and oxygen atoms in total. The fourth-order valence-corrected chi connectivity index (χ4v) is 3.36. The third-order valence-electron chi connectivity index (χ3n) is 3.87.